The summed E-state index contributed by atoms with van der Waals surface area (Å²) in [6, 6.07) is 12.3. The molecule has 1 saturated heterocycles. The summed E-state index contributed by atoms with van der Waals surface area (Å²) in [5, 5.41) is 3.61. The van der Waals surface area contributed by atoms with Crippen molar-refractivity contribution in [3.05, 3.63) is 72.1 Å². The largest absolute Gasteiger partial charge is 0.497 e. The van der Waals surface area contributed by atoms with Crippen LogP contribution in [0.3, 0.4) is 0 Å². The minimum atomic E-state index is -4.06. The molecule has 0 atom stereocenters. The van der Waals surface area contributed by atoms with Crippen LogP contribution >= 0.6 is 0 Å². The summed E-state index contributed by atoms with van der Waals surface area (Å²) >= 11 is 0. The number of piperidine rings is 1. The molecule has 1 N–H and O–H groups in total. The third-order valence-electron chi connectivity index (χ3n) is 6.16. The maximum atomic E-state index is 14.2. The van der Waals surface area contributed by atoms with Crippen LogP contribution in [0.25, 0.3) is 5.69 Å². The van der Waals surface area contributed by atoms with Crippen molar-refractivity contribution < 1.29 is 21.9 Å². The number of ether oxygens (including phenoxy) is 1. The Balaban J connectivity index is 1.46. The van der Waals surface area contributed by atoms with Gasteiger partial charge >= 0.3 is 0 Å². The van der Waals surface area contributed by atoms with Crippen molar-refractivity contribution in [2.75, 3.05) is 25.5 Å². The highest BCUT2D eigenvalue weighted by Crippen LogP contribution is 2.45. The van der Waals surface area contributed by atoms with E-state index in [0.717, 1.165) is 35.0 Å². The predicted molar refractivity (Wildman–Crippen MR) is 112 cm³/mol. The average Bonchev–Trinajstić information content (AvgIpc) is 3.25. The van der Waals surface area contributed by atoms with E-state index in [1.165, 1.54) is 4.31 Å². The minimum absolute atomic E-state index is 0.205. The molecular formula is C22H21F2N3O3S. The van der Waals surface area contributed by atoms with Crippen LogP contribution in [-0.4, -0.2) is 37.5 Å². The molecule has 1 spiro atoms. The zero-order valence-corrected chi connectivity index (χ0v) is 17.6. The Morgan fingerprint density at radius 2 is 1.84 bits per heavy atom. The van der Waals surface area contributed by atoms with Crippen LogP contribution in [0.1, 0.15) is 18.5 Å². The van der Waals surface area contributed by atoms with E-state index < -0.39 is 32.1 Å². The Morgan fingerprint density at radius 1 is 1.06 bits per heavy atom. The molecule has 3 aromatic rings. The lowest BCUT2D eigenvalue weighted by Gasteiger charge is -2.45. The van der Waals surface area contributed by atoms with Gasteiger partial charge in [-0.3, -0.25) is 0 Å². The number of hydrogen-bond donors (Lipinski definition) is 1. The van der Waals surface area contributed by atoms with Crippen LogP contribution in [0.2, 0.25) is 0 Å². The summed E-state index contributed by atoms with van der Waals surface area (Å²) < 4.78 is 62.1. The summed E-state index contributed by atoms with van der Waals surface area (Å²) in [7, 11) is -2.45. The maximum absolute atomic E-state index is 14.2. The van der Waals surface area contributed by atoms with Crippen molar-refractivity contribution in [3.8, 4) is 11.4 Å². The summed E-state index contributed by atoms with van der Waals surface area (Å²) in [4.78, 5) is -0.500. The first-order chi connectivity index (χ1) is 14.8. The first kappa shape index (κ1) is 20.0. The van der Waals surface area contributed by atoms with Crippen molar-refractivity contribution in [3.63, 3.8) is 0 Å². The molecule has 1 aromatic heterocycles. The second-order valence-electron chi connectivity index (χ2n) is 7.83. The number of fused-ring (bicyclic) bond motifs is 4. The molecule has 0 unspecified atom stereocenters. The highest BCUT2D eigenvalue weighted by molar-refractivity contribution is 7.89. The van der Waals surface area contributed by atoms with Crippen molar-refractivity contribution in [2.24, 2.45) is 0 Å². The molecule has 2 aliphatic rings. The number of halogens is 2. The fraction of sp³-hybridized carbons (Fsp3) is 0.273. The topological polar surface area (TPSA) is 63.6 Å². The van der Waals surface area contributed by atoms with Crippen molar-refractivity contribution in [2.45, 2.75) is 23.3 Å². The molecule has 2 aliphatic heterocycles. The molecule has 0 amide bonds. The third-order valence-corrected chi connectivity index (χ3v) is 8.10. The van der Waals surface area contributed by atoms with Crippen LogP contribution in [-0.2, 0) is 15.6 Å². The van der Waals surface area contributed by atoms with Crippen LogP contribution < -0.4 is 10.1 Å². The number of sulfonamides is 1. The lowest BCUT2D eigenvalue weighted by Crippen LogP contribution is -2.51. The monoisotopic (exact) mass is 445 g/mol. The van der Waals surface area contributed by atoms with Crippen molar-refractivity contribution in [1.82, 2.24) is 8.87 Å². The predicted octanol–water partition coefficient (Wildman–Crippen LogP) is 3.87. The lowest BCUT2D eigenvalue weighted by molar-refractivity contribution is 0.247. The summed E-state index contributed by atoms with van der Waals surface area (Å²) in [6.45, 7) is 0.410. The average molecular weight is 445 g/mol. The Bertz CT molecular complexity index is 1260. The number of benzene rings is 2. The third kappa shape index (κ3) is 3.11. The molecule has 5 rings (SSSR count). The molecule has 1 fully saturated rings. The Hall–Kier alpha value is -2.91. The van der Waals surface area contributed by atoms with E-state index in [0.29, 0.717) is 18.9 Å². The number of nitrogens with zero attached hydrogens (tertiary/aromatic N) is 2. The molecule has 0 radical (unpaired) electrons. The van der Waals surface area contributed by atoms with E-state index in [4.69, 9.17) is 4.74 Å². The van der Waals surface area contributed by atoms with E-state index in [-0.39, 0.29) is 13.1 Å². The fourth-order valence-electron chi connectivity index (χ4n) is 4.57. The van der Waals surface area contributed by atoms with Gasteiger partial charge in [-0.05, 0) is 49.2 Å². The molecule has 31 heavy (non-hydrogen) atoms. The number of methoxy groups -OCH3 is 1. The zero-order valence-electron chi connectivity index (χ0n) is 16.8. The lowest BCUT2D eigenvalue weighted by atomic mass is 9.83. The second kappa shape index (κ2) is 7.06. The van der Waals surface area contributed by atoms with Crippen LogP contribution in [0, 0.1) is 11.6 Å². The van der Waals surface area contributed by atoms with E-state index >= 15 is 0 Å². The normalized spacial score (nSPS) is 17.6. The van der Waals surface area contributed by atoms with Crippen LogP contribution in [0.15, 0.2) is 59.6 Å². The highest BCUT2D eigenvalue weighted by Gasteiger charge is 2.44. The highest BCUT2D eigenvalue weighted by atomic mass is 32.2. The van der Waals surface area contributed by atoms with Gasteiger partial charge in [0.25, 0.3) is 0 Å². The van der Waals surface area contributed by atoms with Crippen LogP contribution in [0.4, 0.5) is 14.5 Å². The molecule has 3 heterocycles. The van der Waals surface area contributed by atoms with Gasteiger partial charge in [-0.15, -0.1) is 0 Å². The van der Waals surface area contributed by atoms with Crippen molar-refractivity contribution in [1.29, 1.82) is 0 Å². The molecule has 0 bridgehead atoms. The number of hydrogen-bond acceptors (Lipinski definition) is 4. The van der Waals surface area contributed by atoms with E-state index in [1.54, 1.807) is 7.11 Å². The van der Waals surface area contributed by atoms with Gasteiger partial charge in [-0.1, -0.05) is 0 Å². The molecule has 6 nitrogen and oxygen atoms in total. The van der Waals surface area contributed by atoms with Gasteiger partial charge in [0.15, 0.2) is 0 Å². The Labute approximate surface area is 179 Å². The summed E-state index contributed by atoms with van der Waals surface area (Å²) in [5.74, 6) is -1.16. The minimum Gasteiger partial charge on any atom is -0.497 e. The van der Waals surface area contributed by atoms with Gasteiger partial charge in [0.1, 0.15) is 22.3 Å². The molecule has 0 saturated carbocycles. The molecule has 2 aromatic carbocycles. The Morgan fingerprint density at radius 3 is 2.55 bits per heavy atom. The van der Waals surface area contributed by atoms with Gasteiger partial charge in [-0.25, -0.2) is 17.2 Å². The second-order valence-corrected chi connectivity index (χ2v) is 9.74. The van der Waals surface area contributed by atoms with Crippen molar-refractivity contribution >= 4 is 15.7 Å². The van der Waals surface area contributed by atoms with Gasteiger partial charge in [0.2, 0.25) is 10.0 Å². The Kier molecular flexibility index (Phi) is 4.56. The number of aromatic nitrogens is 1. The van der Waals surface area contributed by atoms with Crippen LogP contribution in [0.5, 0.6) is 5.75 Å². The first-order valence-corrected chi connectivity index (χ1v) is 11.4. The maximum Gasteiger partial charge on any atom is 0.245 e. The smallest absolute Gasteiger partial charge is 0.245 e. The van der Waals surface area contributed by atoms with E-state index in [1.807, 2.05) is 36.5 Å². The molecule has 0 aliphatic carbocycles. The van der Waals surface area contributed by atoms with E-state index in [9.17, 15) is 17.2 Å². The zero-order chi connectivity index (χ0) is 21.8. The number of nitrogens with one attached hydrogen (secondary N) is 1. The fourth-order valence-corrected chi connectivity index (χ4v) is 6.05. The summed E-state index contributed by atoms with van der Waals surface area (Å²) in [5.41, 5.74) is 2.49. The van der Waals surface area contributed by atoms with Gasteiger partial charge in [0, 0.05) is 37.1 Å². The SMILES string of the molecule is COc1ccc2c(c1)NC1(CCN(S(=O)(=O)c3ccc(F)cc3F)CC1)c1cccn1-2. The van der Waals surface area contributed by atoms with Gasteiger partial charge < -0.3 is 14.6 Å². The first-order valence-electron chi connectivity index (χ1n) is 9.94. The van der Waals surface area contributed by atoms with E-state index in [2.05, 4.69) is 9.88 Å². The molecule has 9 heteroatoms. The molecular weight excluding hydrogens is 424 g/mol. The quantitative estimate of drug-likeness (QED) is 0.665. The summed E-state index contributed by atoms with van der Waals surface area (Å²) in [6.07, 6.45) is 2.98. The number of rotatable bonds is 3. The number of anilines is 1. The molecule has 162 valence electrons. The van der Waals surface area contributed by atoms with Gasteiger partial charge in [0.05, 0.1) is 24.0 Å². The van der Waals surface area contributed by atoms with Gasteiger partial charge in [-0.2, -0.15) is 4.31 Å². The standard InChI is InChI=1S/C22H21F2N3O3S/c1-30-16-5-6-19-18(14-16)25-22(21-3-2-10-27(19)21)8-11-26(12-9-22)31(28,29)20-7-4-15(23)13-17(20)24/h2-7,10,13-14,25H,8-9,11-12H2,1H3.